The Morgan fingerprint density at radius 3 is 2.40 bits per heavy atom. The van der Waals surface area contributed by atoms with Crippen molar-refractivity contribution in [1.82, 2.24) is 4.90 Å². The molecule has 0 spiro atoms. The fourth-order valence-corrected chi connectivity index (χ4v) is 4.15. The van der Waals surface area contributed by atoms with Gasteiger partial charge in [-0.25, -0.2) is 9.18 Å². The van der Waals surface area contributed by atoms with Crippen molar-refractivity contribution in [2.75, 3.05) is 13.1 Å². The minimum atomic E-state index is -4.02. The topological polar surface area (TPSA) is 110 Å². The van der Waals surface area contributed by atoms with Crippen LogP contribution < -0.4 is 5.73 Å². The van der Waals surface area contributed by atoms with E-state index in [9.17, 15) is 17.6 Å². The molecule has 1 aliphatic rings. The van der Waals surface area contributed by atoms with Crippen LogP contribution in [0.3, 0.4) is 0 Å². The van der Waals surface area contributed by atoms with E-state index >= 15 is 0 Å². The number of carbonyl (C=O) groups excluding carboxylic acids is 1. The van der Waals surface area contributed by atoms with Crippen LogP contribution in [0.5, 0.6) is 0 Å². The van der Waals surface area contributed by atoms with Gasteiger partial charge in [0.05, 0.1) is 15.5 Å². The number of rotatable bonds is 4. The van der Waals surface area contributed by atoms with Crippen molar-refractivity contribution < 1.29 is 26.9 Å². The van der Waals surface area contributed by atoms with Crippen LogP contribution in [0.15, 0.2) is 77.7 Å². The second-order valence-corrected chi connectivity index (χ2v) is 10.1. The van der Waals surface area contributed by atoms with Crippen molar-refractivity contribution in [1.29, 1.82) is 0 Å². The number of aryl methyl sites for hydroxylation is 1. The molecule has 0 aromatic heterocycles. The smallest absolute Gasteiger partial charge is 0.410 e. The van der Waals surface area contributed by atoms with Gasteiger partial charge < -0.3 is 15.4 Å². The highest BCUT2D eigenvalue weighted by Crippen LogP contribution is 2.31. The zero-order valence-corrected chi connectivity index (χ0v) is 20.6. The number of nitrogens with two attached hydrogens (primary N) is 1. The Morgan fingerprint density at radius 2 is 1.80 bits per heavy atom. The number of halogens is 2. The lowest BCUT2D eigenvalue weighted by atomic mass is 9.90. The molecule has 0 aliphatic carbocycles. The van der Waals surface area contributed by atoms with E-state index < -0.39 is 27.6 Å². The van der Waals surface area contributed by atoms with Gasteiger partial charge in [0.2, 0.25) is 0 Å². The largest absolute Gasteiger partial charge is 0.445 e. The lowest BCUT2D eigenvalue weighted by molar-refractivity contribution is 0.102. The van der Waals surface area contributed by atoms with Crippen LogP contribution in [0, 0.1) is 12.7 Å². The standard InChI is InChI=1S/C18H18ClFN2O2.C7H8O3S/c19-15-7-6-14(10-16(15)20)18(21)8-9-22(12-18)17(23)24-11-13-4-2-1-3-5-13;1-6-2-4-7(5-3-6)11(8,9)10/h1-7,10H,8-9,11-12,21H2;2-5H,1H3,(H,8,9,10). The lowest BCUT2D eigenvalue weighted by Crippen LogP contribution is -2.41. The van der Waals surface area contributed by atoms with E-state index in [1.807, 2.05) is 37.3 Å². The number of benzene rings is 3. The van der Waals surface area contributed by atoms with Gasteiger partial charge in [0, 0.05) is 13.1 Å². The first kappa shape index (κ1) is 26.6. The Bertz CT molecular complexity index is 1270. The van der Waals surface area contributed by atoms with E-state index in [4.69, 9.17) is 26.6 Å². The SMILES string of the molecule is Cc1ccc(S(=O)(=O)O)cc1.NC1(c2ccc(Cl)c(F)c2)CCN(C(=O)OCc2ccccc2)C1. The summed E-state index contributed by atoms with van der Waals surface area (Å²) in [5.41, 5.74) is 8.08. The second-order valence-electron chi connectivity index (χ2n) is 8.28. The molecule has 1 aliphatic heterocycles. The van der Waals surface area contributed by atoms with E-state index in [0.717, 1.165) is 11.1 Å². The van der Waals surface area contributed by atoms with Crippen molar-refractivity contribution in [3.63, 3.8) is 0 Å². The predicted molar refractivity (Wildman–Crippen MR) is 131 cm³/mol. The van der Waals surface area contributed by atoms with Crippen LogP contribution in [0.25, 0.3) is 0 Å². The molecule has 0 radical (unpaired) electrons. The summed E-state index contributed by atoms with van der Waals surface area (Å²) in [6.07, 6.45) is 0.120. The molecule has 1 fully saturated rings. The van der Waals surface area contributed by atoms with Gasteiger partial charge in [-0.2, -0.15) is 8.42 Å². The Hall–Kier alpha value is -2.98. The Balaban J connectivity index is 0.000000261. The Labute approximate surface area is 209 Å². The molecular weight excluding hydrogens is 495 g/mol. The van der Waals surface area contributed by atoms with Gasteiger partial charge in [-0.3, -0.25) is 4.55 Å². The van der Waals surface area contributed by atoms with Gasteiger partial charge in [0.1, 0.15) is 12.4 Å². The molecule has 35 heavy (non-hydrogen) atoms. The average molecular weight is 521 g/mol. The maximum Gasteiger partial charge on any atom is 0.410 e. The van der Waals surface area contributed by atoms with Crippen LogP contribution in [-0.2, 0) is 27.0 Å². The third kappa shape index (κ3) is 7.25. The maximum atomic E-state index is 13.7. The van der Waals surface area contributed by atoms with Crippen molar-refractivity contribution in [2.24, 2.45) is 5.73 Å². The van der Waals surface area contributed by atoms with Crippen molar-refractivity contribution >= 4 is 27.8 Å². The lowest BCUT2D eigenvalue weighted by Gasteiger charge is -2.25. The van der Waals surface area contributed by atoms with Gasteiger partial charge in [0.15, 0.2) is 0 Å². The molecule has 0 saturated carbocycles. The van der Waals surface area contributed by atoms with E-state index in [-0.39, 0.29) is 23.1 Å². The fourth-order valence-electron chi connectivity index (χ4n) is 3.55. The number of likely N-dealkylation sites (tertiary alicyclic amines) is 1. The Kier molecular flexibility index (Phi) is 8.50. The van der Waals surface area contributed by atoms with Gasteiger partial charge in [-0.05, 0) is 48.7 Å². The Morgan fingerprint density at radius 1 is 1.14 bits per heavy atom. The molecule has 1 heterocycles. The summed E-state index contributed by atoms with van der Waals surface area (Å²) >= 11 is 5.71. The summed E-state index contributed by atoms with van der Waals surface area (Å²) < 4.78 is 48.5. The molecule has 3 aromatic carbocycles. The summed E-state index contributed by atoms with van der Waals surface area (Å²) in [5, 5.41) is 0.0551. The molecular formula is C25H26ClFN2O5S. The summed E-state index contributed by atoms with van der Waals surface area (Å²) in [4.78, 5) is 13.7. The number of amides is 1. The molecule has 186 valence electrons. The van der Waals surface area contributed by atoms with Gasteiger partial charge in [-0.15, -0.1) is 0 Å². The summed E-state index contributed by atoms with van der Waals surface area (Å²) in [6, 6.07) is 20.0. The quantitative estimate of drug-likeness (QED) is 0.473. The number of carbonyl (C=O) groups is 1. The summed E-state index contributed by atoms with van der Waals surface area (Å²) in [7, 11) is -4.02. The highest BCUT2D eigenvalue weighted by atomic mass is 35.5. The summed E-state index contributed by atoms with van der Waals surface area (Å²) in [6.45, 7) is 2.80. The molecule has 7 nitrogen and oxygen atoms in total. The second kappa shape index (κ2) is 11.2. The molecule has 3 aromatic rings. The zero-order chi connectivity index (χ0) is 25.6. The van der Waals surface area contributed by atoms with Crippen LogP contribution in [0.4, 0.5) is 9.18 Å². The number of nitrogens with zero attached hydrogens (tertiary/aromatic N) is 1. The van der Waals surface area contributed by atoms with Crippen LogP contribution >= 0.6 is 11.6 Å². The minimum absolute atomic E-state index is 0.0551. The first-order valence-corrected chi connectivity index (χ1v) is 12.5. The normalized spacial score (nSPS) is 17.5. The fraction of sp³-hybridized carbons (Fsp3) is 0.240. The first-order valence-electron chi connectivity index (χ1n) is 10.7. The van der Waals surface area contributed by atoms with E-state index in [1.165, 1.54) is 24.3 Å². The van der Waals surface area contributed by atoms with Crippen LogP contribution in [0.2, 0.25) is 5.02 Å². The highest BCUT2D eigenvalue weighted by Gasteiger charge is 2.39. The number of hydrogen-bond acceptors (Lipinski definition) is 5. The van der Waals surface area contributed by atoms with Crippen LogP contribution in [-0.4, -0.2) is 37.1 Å². The molecule has 3 N–H and O–H groups in total. The third-order valence-electron chi connectivity index (χ3n) is 5.58. The number of ether oxygens (including phenoxy) is 1. The molecule has 4 rings (SSSR count). The monoisotopic (exact) mass is 520 g/mol. The minimum Gasteiger partial charge on any atom is -0.445 e. The maximum absolute atomic E-state index is 13.7. The molecule has 10 heteroatoms. The molecule has 0 bridgehead atoms. The third-order valence-corrected chi connectivity index (χ3v) is 6.75. The van der Waals surface area contributed by atoms with Crippen molar-refractivity contribution in [3.8, 4) is 0 Å². The van der Waals surface area contributed by atoms with E-state index in [2.05, 4.69) is 0 Å². The van der Waals surface area contributed by atoms with Gasteiger partial charge in [-0.1, -0.05) is 65.7 Å². The van der Waals surface area contributed by atoms with E-state index in [0.29, 0.717) is 18.5 Å². The molecule has 1 saturated heterocycles. The molecule has 1 unspecified atom stereocenters. The zero-order valence-electron chi connectivity index (χ0n) is 19.0. The van der Waals surface area contributed by atoms with Crippen molar-refractivity contribution in [2.45, 2.75) is 30.4 Å². The highest BCUT2D eigenvalue weighted by molar-refractivity contribution is 7.85. The molecule has 1 amide bonds. The molecule has 1 atom stereocenters. The first-order chi connectivity index (χ1) is 16.5. The van der Waals surface area contributed by atoms with Crippen LogP contribution in [0.1, 0.15) is 23.1 Å². The summed E-state index contributed by atoms with van der Waals surface area (Å²) in [5.74, 6) is -0.510. The predicted octanol–water partition coefficient (Wildman–Crippen LogP) is 4.92. The number of hydrogen-bond donors (Lipinski definition) is 2. The van der Waals surface area contributed by atoms with Gasteiger partial charge >= 0.3 is 6.09 Å². The van der Waals surface area contributed by atoms with Gasteiger partial charge in [0.25, 0.3) is 10.1 Å². The van der Waals surface area contributed by atoms with Crippen molar-refractivity contribution in [3.05, 3.63) is 100 Å². The van der Waals surface area contributed by atoms with E-state index in [1.54, 1.807) is 23.1 Å². The average Bonchev–Trinajstić information content (AvgIpc) is 3.23.